The van der Waals surface area contributed by atoms with Crippen LogP contribution in [0.2, 0.25) is 0 Å². The number of amides is 2. The summed E-state index contributed by atoms with van der Waals surface area (Å²) in [6, 6.07) is 8.21. The highest BCUT2D eigenvalue weighted by molar-refractivity contribution is 14.1. The zero-order valence-corrected chi connectivity index (χ0v) is 24.8. The summed E-state index contributed by atoms with van der Waals surface area (Å²) in [5.74, 6) is -0.902. The molecule has 4 unspecified atom stereocenters. The van der Waals surface area contributed by atoms with Crippen molar-refractivity contribution in [2.75, 3.05) is 33.5 Å². The average Bonchev–Trinajstić information content (AvgIpc) is 3.52. The molecule has 4 rings (SSSR count). The van der Waals surface area contributed by atoms with E-state index in [9.17, 15) is 29.3 Å². The fourth-order valence-electron chi connectivity index (χ4n) is 5.00. The summed E-state index contributed by atoms with van der Waals surface area (Å²) in [5, 5.41) is 33.2. The van der Waals surface area contributed by atoms with Crippen LogP contribution in [0.5, 0.6) is 11.5 Å². The molecule has 1 aliphatic heterocycles. The first kappa shape index (κ1) is 31.2. The van der Waals surface area contributed by atoms with Gasteiger partial charge in [0.25, 0.3) is 0 Å². The first-order valence-electron chi connectivity index (χ1n) is 13.3. The summed E-state index contributed by atoms with van der Waals surface area (Å²) in [7, 11) is 1.45. The lowest BCUT2D eigenvalue weighted by Gasteiger charge is -2.41. The van der Waals surface area contributed by atoms with E-state index in [1.54, 1.807) is 24.3 Å². The largest absolute Gasteiger partial charge is 0.493 e. The number of hydrogen-bond donors (Lipinski definition) is 4. The molecular formula is C29H34FIN2O8. The van der Waals surface area contributed by atoms with Gasteiger partial charge in [0.05, 0.1) is 42.5 Å². The van der Waals surface area contributed by atoms with Crippen molar-refractivity contribution in [2.45, 2.75) is 44.2 Å². The monoisotopic (exact) mass is 684 g/mol. The van der Waals surface area contributed by atoms with Crippen molar-refractivity contribution < 1.29 is 43.5 Å². The highest BCUT2D eigenvalue weighted by Gasteiger charge is 2.42. The number of carbonyl (C=O) groups excluding carboxylic acids is 2. The SMILES string of the molecule is COc1cc(CO)cc(I)c1OC1C=C(C(=O)NCCO)CC(N(Cc2ccc(F)cc2)C(=O)C2CCOC2)C1O. The summed E-state index contributed by atoms with van der Waals surface area (Å²) >= 11 is 2.04. The Morgan fingerprint density at radius 3 is 2.59 bits per heavy atom. The van der Waals surface area contributed by atoms with Crippen molar-refractivity contribution in [1.82, 2.24) is 10.2 Å². The maximum Gasteiger partial charge on any atom is 0.247 e. The van der Waals surface area contributed by atoms with E-state index < -0.39 is 35.9 Å². The second-order valence-electron chi connectivity index (χ2n) is 9.94. The van der Waals surface area contributed by atoms with Gasteiger partial charge in [-0.2, -0.15) is 0 Å². The maximum absolute atomic E-state index is 13.8. The number of nitrogens with one attached hydrogen (secondary N) is 1. The lowest BCUT2D eigenvalue weighted by atomic mass is 9.87. The highest BCUT2D eigenvalue weighted by atomic mass is 127. The van der Waals surface area contributed by atoms with Crippen LogP contribution in [0.3, 0.4) is 0 Å². The van der Waals surface area contributed by atoms with E-state index in [-0.39, 0.29) is 50.8 Å². The summed E-state index contributed by atoms with van der Waals surface area (Å²) in [4.78, 5) is 28.4. The first-order chi connectivity index (χ1) is 19.7. The molecule has 1 aliphatic carbocycles. The van der Waals surface area contributed by atoms with Crippen LogP contribution >= 0.6 is 22.6 Å². The standard InChI is InChI=1S/C29H34FIN2O8/c1-39-25-11-18(15-35)10-22(31)27(25)41-24-13-20(28(37)32-7-8-34)12-23(26(24)36)33(29(38)19-6-9-40-16-19)14-17-2-4-21(30)5-3-17/h2-5,10-11,13,19,23-24,26,34-36H,6-9,12,14-16H2,1H3,(H,32,37). The molecule has 0 saturated carbocycles. The van der Waals surface area contributed by atoms with E-state index in [0.29, 0.717) is 39.2 Å². The third-order valence-corrected chi connectivity index (χ3v) is 7.97. The molecule has 1 saturated heterocycles. The Kier molecular flexibility index (Phi) is 10.9. The van der Waals surface area contributed by atoms with E-state index in [2.05, 4.69) is 5.32 Å². The maximum atomic E-state index is 13.8. The normalized spacial score (nSPS) is 22.1. The molecule has 1 fully saturated rings. The summed E-state index contributed by atoms with van der Waals surface area (Å²) in [6.45, 7) is 0.322. The second kappa shape index (κ2) is 14.4. The van der Waals surface area contributed by atoms with Gasteiger partial charge in [-0.1, -0.05) is 12.1 Å². The van der Waals surface area contributed by atoms with Crippen LogP contribution in [-0.2, 0) is 27.5 Å². The molecule has 10 nitrogen and oxygen atoms in total. The minimum atomic E-state index is -1.26. The number of aliphatic hydroxyl groups excluding tert-OH is 3. The Balaban J connectivity index is 1.72. The Hall–Kier alpha value is -2.78. The fraction of sp³-hybridized carbons (Fsp3) is 0.448. The molecule has 222 valence electrons. The van der Waals surface area contributed by atoms with E-state index in [4.69, 9.17) is 14.2 Å². The fourth-order valence-corrected chi connectivity index (χ4v) is 5.80. The van der Waals surface area contributed by atoms with E-state index in [1.165, 1.54) is 30.2 Å². The lowest BCUT2D eigenvalue weighted by Crippen LogP contribution is -2.56. The minimum absolute atomic E-state index is 0.0243. The van der Waals surface area contributed by atoms with Crippen LogP contribution < -0.4 is 14.8 Å². The van der Waals surface area contributed by atoms with Crippen LogP contribution in [0.25, 0.3) is 0 Å². The number of carbonyl (C=O) groups is 2. The third-order valence-electron chi connectivity index (χ3n) is 7.17. The Labute approximate surface area is 251 Å². The van der Waals surface area contributed by atoms with Gasteiger partial charge in [-0.3, -0.25) is 9.59 Å². The van der Waals surface area contributed by atoms with Gasteiger partial charge in [0.2, 0.25) is 11.8 Å². The van der Waals surface area contributed by atoms with E-state index >= 15 is 0 Å². The summed E-state index contributed by atoms with van der Waals surface area (Å²) in [5.41, 5.74) is 1.54. The molecule has 2 aliphatic rings. The predicted octanol–water partition coefficient (Wildman–Crippen LogP) is 1.91. The molecule has 12 heteroatoms. The van der Waals surface area contributed by atoms with Crippen LogP contribution in [0.15, 0.2) is 48.0 Å². The van der Waals surface area contributed by atoms with E-state index in [0.717, 1.165) is 0 Å². The number of rotatable bonds is 11. The van der Waals surface area contributed by atoms with Crippen molar-refractivity contribution in [3.8, 4) is 11.5 Å². The van der Waals surface area contributed by atoms with Crippen LogP contribution in [0.1, 0.15) is 24.0 Å². The number of nitrogens with zero attached hydrogens (tertiary/aromatic N) is 1. The molecular weight excluding hydrogens is 650 g/mol. The van der Waals surface area contributed by atoms with Gasteiger partial charge in [-0.15, -0.1) is 0 Å². The highest BCUT2D eigenvalue weighted by Crippen LogP contribution is 2.37. The Morgan fingerprint density at radius 1 is 1.20 bits per heavy atom. The van der Waals surface area contributed by atoms with Gasteiger partial charge in [-0.05, 0) is 70.5 Å². The molecule has 2 amide bonds. The molecule has 2 aromatic carbocycles. The van der Waals surface area contributed by atoms with Gasteiger partial charge >= 0.3 is 0 Å². The lowest BCUT2D eigenvalue weighted by molar-refractivity contribution is -0.143. The average molecular weight is 684 g/mol. The van der Waals surface area contributed by atoms with Crippen LogP contribution in [0.4, 0.5) is 4.39 Å². The van der Waals surface area contributed by atoms with Gasteiger partial charge in [-0.25, -0.2) is 4.39 Å². The van der Waals surface area contributed by atoms with Crippen molar-refractivity contribution in [2.24, 2.45) is 5.92 Å². The Bertz CT molecular complexity index is 1250. The Morgan fingerprint density at radius 2 is 1.95 bits per heavy atom. The molecule has 0 radical (unpaired) electrons. The number of benzene rings is 2. The number of hydrogen-bond acceptors (Lipinski definition) is 8. The number of ether oxygens (including phenoxy) is 3. The molecule has 41 heavy (non-hydrogen) atoms. The van der Waals surface area contributed by atoms with E-state index in [1.807, 2.05) is 22.6 Å². The summed E-state index contributed by atoms with van der Waals surface area (Å²) in [6.07, 6.45) is -0.254. The van der Waals surface area contributed by atoms with Crippen molar-refractivity contribution in [1.29, 1.82) is 0 Å². The molecule has 4 N–H and O–H groups in total. The van der Waals surface area contributed by atoms with Crippen LogP contribution in [-0.4, -0.2) is 83.8 Å². The number of aliphatic hydroxyl groups is 3. The van der Waals surface area contributed by atoms with Gasteiger partial charge in [0.1, 0.15) is 18.0 Å². The predicted molar refractivity (Wildman–Crippen MR) is 155 cm³/mol. The quantitative estimate of drug-likeness (QED) is 0.264. The zero-order chi connectivity index (χ0) is 29.5. The molecule has 1 heterocycles. The first-order valence-corrected chi connectivity index (χ1v) is 14.4. The van der Waals surface area contributed by atoms with Crippen molar-refractivity contribution in [3.63, 3.8) is 0 Å². The van der Waals surface area contributed by atoms with Crippen molar-refractivity contribution >= 4 is 34.4 Å². The van der Waals surface area contributed by atoms with Crippen LogP contribution in [0, 0.1) is 15.3 Å². The second-order valence-corrected chi connectivity index (χ2v) is 11.1. The smallest absolute Gasteiger partial charge is 0.247 e. The molecule has 0 bridgehead atoms. The van der Waals surface area contributed by atoms with Crippen molar-refractivity contribution in [3.05, 3.63) is 68.6 Å². The number of halogens is 2. The topological polar surface area (TPSA) is 138 Å². The third kappa shape index (κ3) is 7.55. The summed E-state index contributed by atoms with van der Waals surface area (Å²) < 4.78 is 31.5. The molecule has 2 aromatic rings. The van der Waals surface area contributed by atoms with Gasteiger partial charge < -0.3 is 39.7 Å². The number of methoxy groups -OCH3 is 1. The van der Waals surface area contributed by atoms with Gasteiger partial charge in [0, 0.05) is 31.7 Å². The van der Waals surface area contributed by atoms with Gasteiger partial charge in [0.15, 0.2) is 11.5 Å². The molecule has 4 atom stereocenters. The molecule has 0 spiro atoms. The minimum Gasteiger partial charge on any atom is -0.493 e. The molecule has 0 aromatic heterocycles. The zero-order valence-electron chi connectivity index (χ0n) is 22.6.